The van der Waals surface area contributed by atoms with E-state index in [0.717, 1.165) is 16.8 Å². The number of aliphatic carboxylic acids is 1. The van der Waals surface area contributed by atoms with Crippen LogP contribution in [0.5, 0.6) is 0 Å². The minimum absolute atomic E-state index is 0.469. The van der Waals surface area contributed by atoms with Gasteiger partial charge in [-0.15, -0.1) is 0 Å². The lowest BCUT2D eigenvalue weighted by atomic mass is 10.1. The van der Waals surface area contributed by atoms with E-state index in [9.17, 15) is 9.90 Å². The van der Waals surface area contributed by atoms with E-state index in [1.165, 1.54) is 0 Å². The molecule has 1 N–H and O–H groups in total. The molecule has 22 heavy (non-hydrogen) atoms. The van der Waals surface area contributed by atoms with Gasteiger partial charge in [0.05, 0.1) is 16.9 Å². The fraction of sp³-hybridized carbons (Fsp3) is 0.375. The Labute approximate surface area is 135 Å². The molecule has 5 nitrogen and oxygen atoms in total. The van der Waals surface area contributed by atoms with Gasteiger partial charge >= 0.3 is 5.97 Å². The second kappa shape index (κ2) is 6.94. The molecule has 0 fully saturated rings. The largest absolute Gasteiger partial charge is 0.480 e. The number of hydrogen-bond donors (Lipinski definition) is 1. The van der Waals surface area contributed by atoms with Gasteiger partial charge in [-0.1, -0.05) is 24.6 Å². The van der Waals surface area contributed by atoms with Crippen LogP contribution in [0.1, 0.15) is 24.5 Å². The summed E-state index contributed by atoms with van der Waals surface area (Å²) in [5.41, 5.74) is 3.13. The Morgan fingerprint density at radius 1 is 1.50 bits per heavy atom. The Morgan fingerprint density at radius 2 is 2.23 bits per heavy atom. The lowest BCUT2D eigenvalue weighted by molar-refractivity contribution is -0.143. The molecule has 0 amide bonds. The second-order valence-electron chi connectivity index (χ2n) is 5.39. The lowest BCUT2D eigenvalue weighted by Crippen LogP contribution is -2.37. The van der Waals surface area contributed by atoms with Gasteiger partial charge in [0.1, 0.15) is 6.04 Å². The van der Waals surface area contributed by atoms with Crippen molar-refractivity contribution in [1.82, 2.24) is 14.7 Å². The maximum absolute atomic E-state index is 11.2. The number of aryl methyl sites for hydroxylation is 1. The van der Waals surface area contributed by atoms with E-state index in [4.69, 9.17) is 11.6 Å². The molecule has 0 bridgehead atoms. The number of carboxylic acid groups (broad SMARTS) is 1. The Bertz CT molecular complexity index is 669. The molecule has 0 spiro atoms. The summed E-state index contributed by atoms with van der Waals surface area (Å²) < 4.78 is 1.72. The highest BCUT2D eigenvalue weighted by Gasteiger charge is 2.20. The highest BCUT2D eigenvalue weighted by atomic mass is 35.5. The van der Waals surface area contributed by atoms with Crippen molar-refractivity contribution in [3.05, 3.63) is 46.7 Å². The van der Waals surface area contributed by atoms with E-state index in [-0.39, 0.29) is 0 Å². The van der Waals surface area contributed by atoms with Crippen molar-refractivity contribution >= 4 is 17.6 Å². The third-order valence-electron chi connectivity index (χ3n) is 3.77. The second-order valence-corrected chi connectivity index (χ2v) is 5.83. The fourth-order valence-electron chi connectivity index (χ4n) is 2.50. The molecule has 1 heterocycles. The molecule has 0 aliphatic heterocycles. The van der Waals surface area contributed by atoms with Crippen molar-refractivity contribution in [3.63, 3.8) is 0 Å². The van der Waals surface area contributed by atoms with Crippen LogP contribution in [0, 0.1) is 6.92 Å². The number of hydrogen-bond acceptors (Lipinski definition) is 3. The minimum Gasteiger partial charge on any atom is -0.480 e. The first kappa shape index (κ1) is 16.5. The molecule has 118 valence electrons. The third-order valence-corrected chi connectivity index (χ3v) is 3.96. The first-order chi connectivity index (χ1) is 10.4. The van der Waals surface area contributed by atoms with E-state index < -0.39 is 12.0 Å². The summed E-state index contributed by atoms with van der Waals surface area (Å²) in [4.78, 5) is 13.1. The number of aromatic nitrogens is 2. The molecular formula is C16H20ClN3O2. The normalized spacial score (nSPS) is 12.6. The van der Waals surface area contributed by atoms with Crippen LogP contribution in [0.15, 0.2) is 30.6 Å². The SMILES string of the molecule is CC[C@H](C(=O)O)N(C)Cc1ccc(-n2cc(Cl)cn2)cc1C. The molecule has 6 heteroatoms. The predicted molar refractivity (Wildman–Crippen MR) is 86.5 cm³/mol. The summed E-state index contributed by atoms with van der Waals surface area (Å²) in [7, 11) is 1.84. The van der Waals surface area contributed by atoms with Crippen molar-refractivity contribution < 1.29 is 9.90 Å². The Balaban J connectivity index is 2.18. The quantitative estimate of drug-likeness (QED) is 0.888. The van der Waals surface area contributed by atoms with E-state index in [2.05, 4.69) is 5.10 Å². The molecule has 1 aromatic heterocycles. The van der Waals surface area contributed by atoms with Gasteiger partial charge < -0.3 is 5.11 Å². The van der Waals surface area contributed by atoms with E-state index in [0.29, 0.717) is 18.0 Å². The number of rotatable bonds is 6. The fourth-order valence-corrected chi connectivity index (χ4v) is 2.63. The summed E-state index contributed by atoms with van der Waals surface area (Å²) in [5, 5.41) is 14.0. The molecule has 0 aliphatic carbocycles. The third kappa shape index (κ3) is 3.67. The van der Waals surface area contributed by atoms with Crippen LogP contribution in [-0.4, -0.2) is 38.8 Å². The van der Waals surface area contributed by atoms with Crippen LogP contribution in [0.4, 0.5) is 0 Å². The van der Waals surface area contributed by atoms with Crippen LogP contribution in [0.2, 0.25) is 5.02 Å². The lowest BCUT2D eigenvalue weighted by Gasteiger charge is -2.24. The number of likely N-dealkylation sites (N-methyl/N-ethyl adjacent to an activating group) is 1. The monoisotopic (exact) mass is 321 g/mol. The van der Waals surface area contributed by atoms with Gasteiger partial charge in [0, 0.05) is 12.7 Å². The first-order valence-corrected chi connectivity index (χ1v) is 7.53. The predicted octanol–water partition coefficient (Wildman–Crippen LogP) is 3.13. The molecule has 0 unspecified atom stereocenters. The van der Waals surface area contributed by atoms with E-state index in [1.807, 2.05) is 44.0 Å². The van der Waals surface area contributed by atoms with Crippen molar-refractivity contribution in [2.75, 3.05) is 7.05 Å². The van der Waals surface area contributed by atoms with Gasteiger partial charge in [-0.3, -0.25) is 9.69 Å². The molecule has 0 radical (unpaired) electrons. The molecule has 2 aromatic rings. The minimum atomic E-state index is -0.787. The zero-order valence-electron chi connectivity index (χ0n) is 13.0. The maximum Gasteiger partial charge on any atom is 0.320 e. The standard InChI is InChI=1S/C16H20ClN3O2/c1-4-15(16(21)22)19(3)9-12-5-6-14(7-11(12)2)20-10-13(17)8-18-20/h5-8,10,15H,4,9H2,1-3H3,(H,21,22)/t15-/m1/s1. The summed E-state index contributed by atoms with van der Waals surface area (Å²) in [6.07, 6.45) is 3.92. The zero-order chi connectivity index (χ0) is 16.3. The van der Waals surface area contributed by atoms with Crippen molar-refractivity contribution in [3.8, 4) is 5.69 Å². The van der Waals surface area contributed by atoms with Crippen LogP contribution in [0.25, 0.3) is 5.69 Å². The highest BCUT2D eigenvalue weighted by molar-refractivity contribution is 6.30. The smallest absolute Gasteiger partial charge is 0.320 e. The van der Waals surface area contributed by atoms with Crippen molar-refractivity contribution in [2.45, 2.75) is 32.9 Å². The van der Waals surface area contributed by atoms with Crippen LogP contribution >= 0.6 is 11.6 Å². The molecule has 0 saturated heterocycles. The van der Waals surface area contributed by atoms with Crippen molar-refractivity contribution in [2.24, 2.45) is 0 Å². The van der Waals surface area contributed by atoms with E-state index >= 15 is 0 Å². The Kier molecular flexibility index (Phi) is 5.21. The van der Waals surface area contributed by atoms with Crippen LogP contribution in [-0.2, 0) is 11.3 Å². The first-order valence-electron chi connectivity index (χ1n) is 7.15. The number of halogens is 1. The van der Waals surface area contributed by atoms with Gasteiger partial charge in [-0.05, 0) is 43.7 Å². The number of benzene rings is 1. The van der Waals surface area contributed by atoms with Gasteiger partial charge in [-0.2, -0.15) is 5.10 Å². The number of carboxylic acids is 1. The molecule has 1 atom stereocenters. The molecule has 0 saturated carbocycles. The van der Waals surface area contributed by atoms with Crippen molar-refractivity contribution in [1.29, 1.82) is 0 Å². The summed E-state index contributed by atoms with van der Waals surface area (Å²) >= 11 is 5.89. The van der Waals surface area contributed by atoms with Gasteiger partial charge in [-0.25, -0.2) is 4.68 Å². The Hall–Kier alpha value is -1.85. The number of carbonyl (C=O) groups is 1. The summed E-state index contributed by atoms with van der Waals surface area (Å²) in [6.45, 7) is 4.49. The van der Waals surface area contributed by atoms with Gasteiger partial charge in [0.25, 0.3) is 0 Å². The van der Waals surface area contributed by atoms with Crippen LogP contribution in [0.3, 0.4) is 0 Å². The number of nitrogens with zero attached hydrogens (tertiary/aromatic N) is 3. The average Bonchev–Trinajstić information content (AvgIpc) is 2.88. The van der Waals surface area contributed by atoms with E-state index in [1.54, 1.807) is 17.1 Å². The topological polar surface area (TPSA) is 58.4 Å². The van der Waals surface area contributed by atoms with Gasteiger partial charge in [0.15, 0.2) is 0 Å². The molecule has 2 rings (SSSR count). The Morgan fingerprint density at radius 3 is 2.73 bits per heavy atom. The highest BCUT2D eigenvalue weighted by Crippen LogP contribution is 2.18. The zero-order valence-corrected chi connectivity index (χ0v) is 13.7. The van der Waals surface area contributed by atoms with Gasteiger partial charge in [0.2, 0.25) is 0 Å². The molecular weight excluding hydrogens is 302 g/mol. The molecule has 1 aromatic carbocycles. The maximum atomic E-state index is 11.2. The van der Waals surface area contributed by atoms with Crippen LogP contribution < -0.4 is 0 Å². The molecule has 0 aliphatic rings. The summed E-state index contributed by atoms with van der Waals surface area (Å²) in [6, 6.07) is 5.52. The average molecular weight is 322 g/mol. The summed E-state index contributed by atoms with van der Waals surface area (Å²) in [5.74, 6) is -0.787.